The molecule has 0 aliphatic carbocycles. The van der Waals surface area contributed by atoms with Crippen LogP contribution in [0.25, 0.3) is 0 Å². The molecule has 29 heavy (non-hydrogen) atoms. The third-order valence-corrected chi connectivity index (χ3v) is 5.28. The summed E-state index contributed by atoms with van der Waals surface area (Å²) in [5.74, 6) is 0.959. The second kappa shape index (κ2) is 11.6. The van der Waals surface area contributed by atoms with E-state index in [0.717, 1.165) is 45.0 Å². The third-order valence-electron chi connectivity index (χ3n) is 5.28. The van der Waals surface area contributed by atoms with Crippen molar-refractivity contribution >= 4 is 12.1 Å². The quantitative estimate of drug-likeness (QED) is 0.377. The summed E-state index contributed by atoms with van der Waals surface area (Å²) in [4.78, 5) is 24.0. The molecule has 1 amide bonds. The van der Waals surface area contributed by atoms with E-state index in [1.807, 2.05) is 20.8 Å². The van der Waals surface area contributed by atoms with Crippen LogP contribution in [-0.4, -0.2) is 104 Å². The van der Waals surface area contributed by atoms with E-state index < -0.39 is 5.60 Å². The number of unbranched alkanes of at least 4 members (excludes halogenated alkanes) is 1. The molecule has 0 saturated carbocycles. The molecular weight excluding hydrogens is 368 g/mol. The lowest BCUT2D eigenvalue weighted by Crippen LogP contribution is -2.44. The molecule has 0 spiro atoms. The number of aliphatic imine (C=N–C) groups is 1. The van der Waals surface area contributed by atoms with Crippen molar-refractivity contribution in [2.45, 2.75) is 58.6 Å². The molecule has 1 atom stereocenters. The Kier molecular flexibility index (Phi) is 9.49. The van der Waals surface area contributed by atoms with Crippen LogP contribution >= 0.6 is 0 Å². The number of alkyl carbamates (subject to hydrolysis) is 1. The highest BCUT2D eigenvalue weighted by atomic mass is 16.6. The SMILES string of the molecule is CCNC(=NCCCCN1CCN(C)CC1)N1CCC(NC(=O)OC(C)(C)C)C1. The summed E-state index contributed by atoms with van der Waals surface area (Å²) in [6, 6.07) is 0.103. The molecule has 0 aromatic rings. The Balaban J connectivity index is 1.70. The van der Waals surface area contributed by atoms with Gasteiger partial charge in [-0.1, -0.05) is 0 Å². The van der Waals surface area contributed by atoms with Gasteiger partial charge in [0.1, 0.15) is 5.60 Å². The predicted molar refractivity (Wildman–Crippen MR) is 118 cm³/mol. The van der Waals surface area contributed by atoms with Crippen LogP contribution in [0.2, 0.25) is 0 Å². The molecule has 2 rings (SSSR count). The summed E-state index contributed by atoms with van der Waals surface area (Å²) in [6.07, 6.45) is 2.87. The van der Waals surface area contributed by atoms with Gasteiger partial charge < -0.3 is 30.1 Å². The van der Waals surface area contributed by atoms with E-state index in [0.29, 0.717) is 0 Å². The van der Waals surface area contributed by atoms with E-state index >= 15 is 0 Å². The van der Waals surface area contributed by atoms with E-state index in [2.05, 4.69) is 39.3 Å². The van der Waals surface area contributed by atoms with Gasteiger partial charge in [0, 0.05) is 52.4 Å². The average Bonchev–Trinajstić information content (AvgIpc) is 3.08. The van der Waals surface area contributed by atoms with Crippen molar-refractivity contribution < 1.29 is 9.53 Å². The topological polar surface area (TPSA) is 72.4 Å². The van der Waals surface area contributed by atoms with E-state index in [9.17, 15) is 4.79 Å². The summed E-state index contributed by atoms with van der Waals surface area (Å²) in [6.45, 7) is 17.0. The van der Waals surface area contributed by atoms with E-state index in [4.69, 9.17) is 9.73 Å². The Morgan fingerprint density at radius 1 is 1.14 bits per heavy atom. The predicted octanol–water partition coefficient (Wildman–Crippen LogP) is 1.58. The minimum absolute atomic E-state index is 0.103. The van der Waals surface area contributed by atoms with E-state index in [-0.39, 0.29) is 12.1 Å². The Hall–Kier alpha value is -1.54. The summed E-state index contributed by atoms with van der Waals surface area (Å²) >= 11 is 0. The maximum atomic E-state index is 12.0. The maximum Gasteiger partial charge on any atom is 0.407 e. The molecule has 2 saturated heterocycles. The summed E-state index contributed by atoms with van der Waals surface area (Å²) in [5, 5.41) is 6.38. The number of nitrogens with zero attached hydrogens (tertiary/aromatic N) is 4. The molecule has 0 radical (unpaired) electrons. The largest absolute Gasteiger partial charge is 0.444 e. The van der Waals surface area contributed by atoms with Gasteiger partial charge in [0.25, 0.3) is 0 Å². The molecular formula is C21H42N6O2. The minimum Gasteiger partial charge on any atom is -0.444 e. The molecule has 2 N–H and O–H groups in total. The summed E-state index contributed by atoms with van der Waals surface area (Å²) in [7, 11) is 2.19. The van der Waals surface area contributed by atoms with Crippen LogP contribution in [0.5, 0.6) is 0 Å². The van der Waals surface area contributed by atoms with Crippen molar-refractivity contribution in [3.8, 4) is 0 Å². The Bertz CT molecular complexity index is 526. The standard InChI is InChI=1S/C21H42N6O2/c1-6-22-19(23-10-7-8-11-26-15-13-25(5)14-16-26)27-12-9-18(17-27)24-20(28)29-21(2,3)4/h18H,6-17H2,1-5H3,(H,22,23)(H,24,28). The van der Waals surface area contributed by atoms with Crippen molar-refractivity contribution in [2.24, 2.45) is 4.99 Å². The van der Waals surface area contributed by atoms with Crippen molar-refractivity contribution in [1.29, 1.82) is 0 Å². The number of carbonyl (C=O) groups excluding carboxylic acids is 1. The average molecular weight is 411 g/mol. The van der Waals surface area contributed by atoms with Crippen LogP contribution in [0.4, 0.5) is 4.79 Å². The zero-order valence-corrected chi connectivity index (χ0v) is 19.2. The number of piperazine rings is 1. The number of hydrogen-bond acceptors (Lipinski definition) is 5. The number of likely N-dealkylation sites (tertiary alicyclic amines) is 1. The fourth-order valence-electron chi connectivity index (χ4n) is 3.67. The zero-order chi connectivity index (χ0) is 21.3. The van der Waals surface area contributed by atoms with Gasteiger partial charge in [0.2, 0.25) is 0 Å². The van der Waals surface area contributed by atoms with Gasteiger partial charge in [-0.15, -0.1) is 0 Å². The van der Waals surface area contributed by atoms with Gasteiger partial charge in [-0.25, -0.2) is 4.79 Å². The Morgan fingerprint density at radius 3 is 2.52 bits per heavy atom. The fourth-order valence-corrected chi connectivity index (χ4v) is 3.67. The lowest BCUT2D eigenvalue weighted by molar-refractivity contribution is 0.0507. The first-order valence-corrected chi connectivity index (χ1v) is 11.2. The van der Waals surface area contributed by atoms with Crippen LogP contribution in [0, 0.1) is 0 Å². The van der Waals surface area contributed by atoms with Gasteiger partial charge in [0.05, 0.1) is 6.04 Å². The molecule has 2 heterocycles. The van der Waals surface area contributed by atoms with Gasteiger partial charge in [-0.2, -0.15) is 0 Å². The molecule has 8 nitrogen and oxygen atoms in total. The first-order valence-electron chi connectivity index (χ1n) is 11.2. The summed E-state index contributed by atoms with van der Waals surface area (Å²) < 4.78 is 5.37. The number of guanidine groups is 1. The van der Waals surface area contributed by atoms with Gasteiger partial charge in [0.15, 0.2) is 5.96 Å². The van der Waals surface area contributed by atoms with Crippen molar-refractivity contribution in [3.63, 3.8) is 0 Å². The van der Waals surface area contributed by atoms with Gasteiger partial charge in [-0.3, -0.25) is 4.99 Å². The number of amides is 1. The molecule has 0 aromatic heterocycles. The van der Waals surface area contributed by atoms with Crippen molar-refractivity contribution in [2.75, 3.05) is 66.0 Å². The third kappa shape index (κ3) is 9.21. The van der Waals surface area contributed by atoms with E-state index in [1.54, 1.807) is 0 Å². The zero-order valence-electron chi connectivity index (χ0n) is 19.2. The highest BCUT2D eigenvalue weighted by Crippen LogP contribution is 2.12. The first-order chi connectivity index (χ1) is 13.8. The molecule has 0 aromatic carbocycles. The highest BCUT2D eigenvalue weighted by molar-refractivity contribution is 5.80. The van der Waals surface area contributed by atoms with Crippen LogP contribution in [0.15, 0.2) is 4.99 Å². The van der Waals surface area contributed by atoms with Crippen molar-refractivity contribution in [3.05, 3.63) is 0 Å². The van der Waals surface area contributed by atoms with Crippen molar-refractivity contribution in [1.82, 2.24) is 25.3 Å². The Morgan fingerprint density at radius 2 is 1.86 bits per heavy atom. The molecule has 0 bridgehead atoms. The number of nitrogens with one attached hydrogen (secondary N) is 2. The minimum atomic E-state index is -0.469. The normalized spacial score (nSPS) is 22.0. The second-order valence-corrected chi connectivity index (χ2v) is 9.17. The molecule has 168 valence electrons. The number of carbonyl (C=O) groups is 1. The maximum absolute atomic E-state index is 12.0. The highest BCUT2D eigenvalue weighted by Gasteiger charge is 2.27. The van der Waals surface area contributed by atoms with Crippen LogP contribution < -0.4 is 10.6 Å². The molecule has 2 aliphatic heterocycles. The lowest BCUT2D eigenvalue weighted by atomic mass is 10.2. The molecule has 2 fully saturated rings. The number of likely N-dealkylation sites (N-methyl/N-ethyl adjacent to an activating group) is 1. The summed E-state index contributed by atoms with van der Waals surface area (Å²) in [5.41, 5.74) is -0.469. The smallest absolute Gasteiger partial charge is 0.407 e. The van der Waals surface area contributed by atoms with E-state index in [1.165, 1.54) is 39.1 Å². The number of ether oxygens (including phenoxy) is 1. The monoisotopic (exact) mass is 410 g/mol. The van der Waals surface area contributed by atoms with Crippen LogP contribution in [-0.2, 0) is 4.74 Å². The van der Waals surface area contributed by atoms with Gasteiger partial charge >= 0.3 is 6.09 Å². The first kappa shape index (κ1) is 23.7. The van der Waals surface area contributed by atoms with Gasteiger partial charge in [-0.05, 0) is 60.5 Å². The number of hydrogen-bond donors (Lipinski definition) is 2. The molecule has 2 aliphatic rings. The lowest BCUT2D eigenvalue weighted by Gasteiger charge is -2.32. The molecule has 1 unspecified atom stereocenters. The van der Waals surface area contributed by atoms with Crippen LogP contribution in [0.1, 0.15) is 47.0 Å². The molecule has 8 heteroatoms. The number of rotatable bonds is 7. The second-order valence-electron chi connectivity index (χ2n) is 9.17. The van der Waals surface area contributed by atoms with Crippen LogP contribution in [0.3, 0.4) is 0 Å². The fraction of sp³-hybridized carbons (Fsp3) is 0.905. The Labute approximate surface area is 177 Å².